The number of anilines is 1. The van der Waals surface area contributed by atoms with E-state index in [-0.39, 0.29) is 5.82 Å². The number of aromatic nitrogens is 1. The van der Waals surface area contributed by atoms with Gasteiger partial charge in [-0.2, -0.15) is 0 Å². The van der Waals surface area contributed by atoms with Gasteiger partial charge in [0.05, 0.1) is 0 Å². The molecule has 3 rings (SSSR count). The van der Waals surface area contributed by atoms with Crippen LogP contribution >= 0.6 is 0 Å². The molecule has 0 fully saturated rings. The van der Waals surface area contributed by atoms with E-state index in [2.05, 4.69) is 4.98 Å². The molecule has 0 saturated heterocycles. The van der Waals surface area contributed by atoms with Crippen LogP contribution in [-0.4, -0.2) is 4.98 Å². The van der Waals surface area contributed by atoms with Crippen LogP contribution in [0.25, 0.3) is 22.0 Å². The fraction of sp³-hybridized carbons (Fsp3) is 0. The van der Waals surface area contributed by atoms with Crippen molar-refractivity contribution < 1.29 is 4.39 Å². The standard InChI is InChI=1S/C14H11FN2/c15-10-3-6-12-13(8-17-14(12)7-10)9-1-4-11(16)5-2-9/h1-8,17H,16H2. The highest BCUT2D eigenvalue weighted by Gasteiger charge is 2.06. The molecule has 0 bridgehead atoms. The Morgan fingerprint density at radius 2 is 1.76 bits per heavy atom. The van der Waals surface area contributed by atoms with Gasteiger partial charge in [-0.15, -0.1) is 0 Å². The second-order valence-corrected chi connectivity index (χ2v) is 4.01. The van der Waals surface area contributed by atoms with Crippen LogP contribution in [0.4, 0.5) is 10.1 Å². The summed E-state index contributed by atoms with van der Waals surface area (Å²) in [6, 6.07) is 12.4. The highest BCUT2D eigenvalue weighted by atomic mass is 19.1. The molecule has 1 aromatic heterocycles. The van der Waals surface area contributed by atoms with Crippen molar-refractivity contribution in [3.8, 4) is 11.1 Å². The monoisotopic (exact) mass is 226 g/mol. The molecular formula is C14H11FN2. The molecule has 0 amide bonds. The molecule has 1 heterocycles. The van der Waals surface area contributed by atoms with Crippen molar-refractivity contribution in [2.24, 2.45) is 0 Å². The predicted octanol–water partition coefficient (Wildman–Crippen LogP) is 3.56. The number of H-pyrrole nitrogens is 1. The quantitative estimate of drug-likeness (QED) is 0.612. The minimum atomic E-state index is -0.233. The van der Waals surface area contributed by atoms with E-state index >= 15 is 0 Å². The number of nitrogens with two attached hydrogens (primary N) is 1. The number of nitrogen functional groups attached to an aromatic ring is 1. The van der Waals surface area contributed by atoms with Gasteiger partial charge in [-0.1, -0.05) is 12.1 Å². The molecule has 3 N–H and O–H groups in total. The summed E-state index contributed by atoms with van der Waals surface area (Å²) in [5.74, 6) is -0.233. The van der Waals surface area contributed by atoms with Crippen LogP contribution in [0.3, 0.4) is 0 Å². The summed E-state index contributed by atoms with van der Waals surface area (Å²) in [5, 5.41) is 1.01. The number of hydrogen-bond donors (Lipinski definition) is 2. The third-order valence-electron chi connectivity index (χ3n) is 2.87. The Morgan fingerprint density at radius 1 is 1.00 bits per heavy atom. The van der Waals surface area contributed by atoms with Crippen molar-refractivity contribution in [3.63, 3.8) is 0 Å². The second kappa shape index (κ2) is 3.63. The zero-order chi connectivity index (χ0) is 11.8. The Kier molecular flexibility index (Phi) is 2.11. The molecule has 0 unspecified atom stereocenters. The van der Waals surface area contributed by atoms with Gasteiger partial charge < -0.3 is 10.7 Å². The summed E-state index contributed by atoms with van der Waals surface area (Å²) in [6.07, 6.45) is 1.88. The van der Waals surface area contributed by atoms with Gasteiger partial charge in [0, 0.05) is 28.4 Å². The van der Waals surface area contributed by atoms with Gasteiger partial charge in [0.25, 0.3) is 0 Å². The van der Waals surface area contributed by atoms with Crippen LogP contribution in [0.15, 0.2) is 48.7 Å². The molecule has 2 aromatic carbocycles. The minimum absolute atomic E-state index is 0.233. The lowest BCUT2D eigenvalue weighted by molar-refractivity contribution is 0.629. The van der Waals surface area contributed by atoms with E-state index in [0.29, 0.717) is 0 Å². The average Bonchev–Trinajstić information content (AvgIpc) is 2.73. The molecular weight excluding hydrogens is 215 g/mol. The first-order valence-corrected chi connectivity index (χ1v) is 5.36. The van der Waals surface area contributed by atoms with Crippen LogP contribution in [-0.2, 0) is 0 Å². The third-order valence-corrected chi connectivity index (χ3v) is 2.87. The zero-order valence-electron chi connectivity index (χ0n) is 9.07. The zero-order valence-corrected chi connectivity index (χ0v) is 9.07. The van der Waals surface area contributed by atoms with Crippen molar-refractivity contribution in [1.29, 1.82) is 0 Å². The topological polar surface area (TPSA) is 41.8 Å². The molecule has 0 radical (unpaired) electrons. The number of rotatable bonds is 1. The molecule has 2 nitrogen and oxygen atoms in total. The van der Waals surface area contributed by atoms with E-state index < -0.39 is 0 Å². The molecule has 17 heavy (non-hydrogen) atoms. The van der Waals surface area contributed by atoms with Crippen LogP contribution in [0, 0.1) is 5.82 Å². The molecule has 84 valence electrons. The number of benzene rings is 2. The maximum absolute atomic E-state index is 13.1. The Balaban J connectivity index is 2.21. The van der Waals surface area contributed by atoms with Gasteiger partial charge in [-0.05, 0) is 35.9 Å². The molecule has 0 aliphatic carbocycles. The Hall–Kier alpha value is -2.29. The third kappa shape index (κ3) is 1.65. The van der Waals surface area contributed by atoms with E-state index in [9.17, 15) is 4.39 Å². The molecule has 3 heteroatoms. The van der Waals surface area contributed by atoms with E-state index in [1.165, 1.54) is 12.1 Å². The second-order valence-electron chi connectivity index (χ2n) is 4.01. The molecule has 0 spiro atoms. The summed E-state index contributed by atoms with van der Waals surface area (Å²) >= 11 is 0. The van der Waals surface area contributed by atoms with Gasteiger partial charge in [0.1, 0.15) is 5.82 Å². The van der Waals surface area contributed by atoms with Crippen molar-refractivity contribution >= 4 is 16.6 Å². The Morgan fingerprint density at radius 3 is 2.53 bits per heavy atom. The summed E-state index contributed by atoms with van der Waals surface area (Å²) in [6.45, 7) is 0. The first-order valence-electron chi connectivity index (χ1n) is 5.36. The van der Waals surface area contributed by atoms with Crippen LogP contribution in [0.2, 0.25) is 0 Å². The van der Waals surface area contributed by atoms with Crippen molar-refractivity contribution in [2.75, 3.05) is 5.73 Å². The lowest BCUT2D eigenvalue weighted by Gasteiger charge is -2.00. The minimum Gasteiger partial charge on any atom is -0.399 e. The van der Waals surface area contributed by atoms with Gasteiger partial charge >= 0.3 is 0 Å². The fourth-order valence-electron chi connectivity index (χ4n) is 2.00. The number of hydrogen-bond acceptors (Lipinski definition) is 1. The number of fused-ring (bicyclic) bond motifs is 1. The maximum Gasteiger partial charge on any atom is 0.125 e. The van der Waals surface area contributed by atoms with Gasteiger partial charge in [-0.25, -0.2) is 4.39 Å². The predicted molar refractivity (Wildman–Crippen MR) is 68.1 cm³/mol. The Labute approximate surface area is 97.9 Å². The van der Waals surface area contributed by atoms with Gasteiger partial charge in [-0.3, -0.25) is 0 Å². The van der Waals surface area contributed by atoms with Crippen molar-refractivity contribution in [3.05, 3.63) is 54.5 Å². The van der Waals surface area contributed by atoms with E-state index in [1.54, 1.807) is 6.07 Å². The first kappa shape index (κ1) is 9.90. The molecule has 0 saturated carbocycles. The molecule has 0 aliphatic heterocycles. The normalized spacial score (nSPS) is 10.9. The maximum atomic E-state index is 13.1. The van der Waals surface area contributed by atoms with Crippen LogP contribution < -0.4 is 5.73 Å². The fourth-order valence-corrected chi connectivity index (χ4v) is 2.00. The summed E-state index contributed by atoms with van der Waals surface area (Å²) < 4.78 is 13.1. The molecule has 3 aromatic rings. The average molecular weight is 226 g/mol. The number of nitrogens with one attached hydrogen (secondary N) is 1. The van der Waals surface area contributed by atoms with Gasteiger partial charge in [0.2, 0.25) is 0 Å². The van der Waals surface area contributed by atoms with Gasteiger partial charge in [0.15, 0.2) is 0 Å². The van der Waals surface area contributed by atoms with E-state index in [0.717, 1.165) is 27.7 Å². The summed E-state index contributed by atoms with van der Waals surface area (Å²) in [5.41, 5.74) is 9.32. The van der Waals surface area contributed by atoms with E-state index in [1.807, 2.05) is 30.5 Å². The highest BCUT2D eigenvalue weighted by molar-refractivity contribution is 5.95. The molecule has 0 atom stereocenters. The Bertz CT molecular complexity index is 668. The van der Waals surface area contributed by atoms with Crippen LogP contribution in [0.5, 0.6) is 0 Å². The molecule has 0 aliphatic rings. The lowest BCUT2D eigenvalue weighted by Crippen LogP contribution is -1.83. The van der Waals surface area contributed by atoms with Crippen LogP contribution in [0.1, 0.15) is 0 Å². The van der Waals surface area contributed by atoms with Crippen molar-refractivity contribution in [2.45, 2.75) is 0 Å². The smallest absolute Gasteiger partial charge is 0.125 e. The SMILES string of the molecule is Nc1ccc(-c2c[nH]c3cc(F)ccc23)cc1. The highest BCUT2D eigenvalue weighted by Crippen LogP contribution is 2.29. The summed E-state index contributed by atoms with van der Waals surface area (Å²) in [7, 11) is 0. The van der Waals surface area contributed by atoms with E-state index in [4.69, 9.17) is 5.73 Å². The number of aromatic amines is 1. The largest absolute Gasteiger partial charge is 0.399 e. The number of halogens is 1. The summed E-state index contributed by atoms with van der Waals surface area (Å²) in [4.78, 5) is 3.07. The lowest BCUT2D eigenvalue weighted by atomic mass is 10.0. The first-order chi connectivity index (χ1) is 8.24. The van der Waals surface area contributed by atoms with Crippen molar-refractivity contribution in [1.82, 2.24) is 4.98 Å².